The van der Waals surface area contributed by atoms with Crippen LogP contribution in [-0.2, 0) is 4.79 Å². The summed E-state index contributed by atoms with van der Waals surface area (Å²) in [5, 5.41) is 9.23. The van der Waals surface area contributed by atoms with Crippen LogP contribution in [0.1, 0.15) is 54.4 Å². The number of hydrogen-bond acceptors (Lipinski definition) is 6. The summed E-state index contributed by atoms with van der Waals surface area (Å²) in [7, 11) is 0. The molecule has 0 spiro atoms. The molecule has 2 aliphatic rings. The zero-order chi connectivity index (χ0) is 21.3. The van der Waals surface area contributed by atoms with Gasteiger partial charge in [0.25, 0.3) is 5.91 Å². The zero-order valence-corrected chi connectivity index (χ0v) is 17.0. The molecule has 0 radical (unpaired) electrons. The number of nitrogens with two attached hydrogens (primary N) is 1. The molecule has 1 aromatic carbocycles. The molecule has 1 fully saturated rings. The van der Waals surface area contributed by atoms with E-state index in [-0.39, 0.29) is 35.0 Å². The van der Waals surface area contributed by atoms with Crippen LogP contribution < -0.4 is 15.4 Å². The van der Waals surface area contributed by atoms with Crippen LogP contribution in [0.5, 0.6) is 5.88 Å². The molecule has 1 aliphatic heterocycles. The van der Waals surface area contributed by atoms with Crippen molar-refractivity contribution in [1.82, 2.24) is 9.97 Å². The van der Waals surface area contributed by atoms with Crippen LogP contribution in [0.3, 0.4) is 0 Å². The highest BCUT2D eigenvalue weighted by Crippen LogP contribution is 2.39. The summed E-state index contributed by atoms with van der Waals surface area (Å²) in [5.41, 5.74) is 8.10. The number of rotatable bonds is 4. The molecule has 1 saturated carbocycles. The Morgan fingerprint density at radius 1 is 1.20 bits per heavy atom. The maximum absolute atomic E-state index is 13.0. The van der Waals surface area contributed by atoms with E-state index in [0.717, 1.165) is 31.4 Å². The lowest BCUT2D eigenvalue weighted by Gasteiger charge is -2.31. The molecule has 2 heterocycles. The molecule has 158 valence electrons. The van der Waals surface area contributed by atoms with Crippen molar-refractivity contribution in [3.05, 3.63) is 41.7 Å². The van der Waals surface area contributed by atoms with E-state index in [4.69, 9.17) is 10.5 Å². The van der Waals surface area contributed by atoms with E-state index in [1.165, 1.54) is 11.9 Å². The third kappa shape index (κ3) is 3.81. The van der Waals surface area contributed by atoms with Crippen LogP contribution >= 0.6 is 0 Å². The fraction of sp³-hybridized carbons (Fsp3) is 0.455. The number of fused-ring (bicyclic) bond motifs is 1. The normalized spacial score (nSPS) is 22.6. The Kier molecular flexibility index (Phi) is 5.57. The molecular weight excluding hydrogens is 384 g/mol. The van der Waals surface area contributed by atoms with E-state index in [1.54, 1.807) is 11.8 Å². The average Bonchev–Trinajstić information content (AvgIpc) is 2.93. The smallest absolute Gasteiger partial charge is 0.306 e. The zero-order valence-electron chi connectivity index (χ0n) is 17.0. The molecule has 4 rings (SSSR count). The van der Waals surface area contributed by atoms with Gasteiger partial charge in [-0.2, -0.15) is 0 Å². The Morgan fingerprint density at radius 3 is 2.57 bits per heavy atom. The van der Waals surface area contributed by atoms with Crippen LogP contribution in [0.25, 0.3) is 0 Å². The van der Waals surface area contributed by atoms with Crippen molar-refractivity contribution in [1.29, 1.82) is 0 Å². The maximum Gasteiger partial charge on any atom is 0.306 e. The summed E-state index contributed by atoms with van der Waals surface area (Å²) in [6.07, 6.45) is 5.12. The predicted molar refractivity (Wildman–Crippen MR) is 112 cm³/mol. The van der Waals surface area contributed by atoms with E-state index in [2.05, 4.69) is 22.1 Å². The summed E-state index contributed by atoms with van der Waals surface area (Å²) in [5.74, 6) is -0.258. The minimum absolute atomic E-state index is 0.112. The minimum atomic E-state index is -0.707. The standard InChI is InChI=1S/C22H26N4O4/c1-13(22(28)29)14-2-4-15(5-3-14)16-6-8-17(9-7-16)26-10-11-30-20-18(21(26)27)19(23)24-12-25-20/h6-9,12-15H,2-5,10-11H2,1H3,(H,28,29)(H2,23,24,25)/t13?,14-,15-. The van der Waals surface area contributed by atoms with Gasteiger partial charge >= 0.3 is 5.97 Å². The lowest BCUT2D eigenvalue weighted by molar-refractivity contribution is -0.143. The van der Waals surface area contributed by atoms with Crippen molar-refractivity contribution in [3.63, 3.8) is 0 Å². The number of aromatic nitrogens is 2. The number of benzene rings is 1. The van der Waals surface area contributed by atoms with Crippen molar-refractivity contribution in [3.8, 4) is 5.88 Å². The first-order chi connectivity index (χ1) is 14.5. The minimum Gasteiger partial charge on any atom is -0.481 e. The highest BCUT2D eigenvalue weighted by atomic mass is 16.5. The predicted octanol–water partition coefficient (Wildman–Crippen LogP) is 3.09. The van der Waals surface area contributed by atoms with Gasteiger partial charge in [0.15, 0.2) is 0 Å². The van der Waals surface area contributed by atoms with Gasteiger partial charge in [-0.3, -0.25) is 9.59 Å². The number of carboxylic acids is 1. The average molecular weight is 410 g/mol. The van der Waals surface area contributed by atoms with Crippen molar-refractivity contribution < 1.29 is 19.4 Å². The second-order valence-corrected chi connectivity index (χ2v) is 8.07. The Labute approximate surface area is 175 Å². The fourth-order valence-electron chi connectivity index (χ4n) is 4.49. The van der Waals surface area contributed by atoms with Crippen LogP contribution in [0.2, 0.25) is 0 Å². The molecule has 8 nitrogen and oxygen atoms in total. The Balaban J connectivity index is 1.47. The number of carbonyl (C=O) groups is 2. The highest BCUT2D eigenvalue weighted by molar-refractivity contribution is 6.10. The molecule has 2 aromatic rings. The van der Waals surface area contributed by atoms with Gasteiger partial charge in [0.2, 0.25) is 5.88 Å². The van der Waals surface area contributed by atoms with Crippen molar-refractivity contribution in [2.24, 2.45) is 11.8 Å². The topological polar surface area (TPSA) is 119 Å². The maximum atomic E-state index is 13.0. The number of nitrogen functional groups attached to an aromatic ring is 1. The number of nitrogens with zero attached hydrogens (tertiary/aromatic N) is 3. The number of ether oxygens (including phenoxy) is 1. The molecule has 30 heavy (non-hydrogen) atoms. The Bertz CT molecular complexity index is 939. The van der Waals surface area contributed by atoms with Crippen LogP contribution in [0, 0.1) is 11.8 Å². The second kappa shape index (κ2) is 8.30. The highest BCUT2D eigenvalue weighted by Gasteiger charge is 2.31. The molecule has 3 N–H and O–H groups in total. The molecule has 0 bridgehead atoms. The van der Waals surface area contributed by atoms with E-state index in [1.807, 2.05) is 12.1 Å². The van der Waals surface area contributed by atoms with E-state index < -0.39 is 5.97 Å². The van der Waals surface area contributed by atoms with Crippen LogP contribution in [-0.4, -0.2) is 40.1 Å². The van der Waals surface area contributed by atoms with Gasteiger partial charge in [0, 0.05) is 5.69 Å². The first-order valence-corrected chi connectivity index (χ1v) is 10.3. The van der Waals surface area contributed by atoms with Gasteiger partial charge in [0.05, 0.1) is 12.5 Å². The van der Waals surface area contributed by atoms with E-state index in [9.17, 15) is 14.7 Å². The summed E-state index contributed by atoms with van der Waals surface area (Å²) >= 11 is 0. The van der Waals surface area contributed by atoms with Gasteiger partial charge in [-0.15, -0.1) is 0 Å². The fourth-order valence-corrected chi connectivity index (χ4v) is 4.49. The van der Waals surface area contributed by atoms with E-state index in [0.29, 0.717) is 19.1 Å². The molecule has 1 amide bonds. The van der Waals surface area contributed by atoms with Gasteiger partial charge < -0.3 is 20.5 Å². The number of carboxylic acid groups (broad SMARTS) is 1. The Hall–Kier alpha value is -3.16. The largest absolute Gasteiger partial charge is 0.481 e. The van der Waals surface area contributed by atoms with Gasteiger partial charge in [-0.05, 0) is 55.2 Å². The van der Waals surface area contributed by atoms with Crippen LogP contribution in [0.4, 0.5) is 11.5 Å². The summed E-state index contributed by atoms with van der Waals surface area (Å²) in [6, 6.07) is 8.02. The van der Waals surface area contributed by atoms with Crippen LogP contribution in [0.15, 0.2) is 30.6 Å². The number of hydrogen-bond donors (Lipinski definition) is 2. The molecule has 1 aromatic heterocycles. The molecule has 8 heteroatoms. The quantitative estimate of drug-likeness (QED) is 0.795. The second-order valence-electron chi connectivity index (χ2n) is 8.07. The van der Waals surface area contributed by atoms with Gasteiger partial charge in [0.1, 0.15) is 24.3 Å². The number of anilines is 2. The summed E-state index contributed by atoms with van der Waals surface area (Å²) in [4.78, 5) is 33.9. The third-order valence-corrected chi connectivity index (χ3v) is 6.40. The van der Waals surface area contributed by atoms with E-state index >= 15 is 0 Å². The monoisotopic (exact) mass is 410 g/mol. The van der Waals surface area contributed by atoms with Crippen molar-refractivity contribution >= 4 is 23.4 Å². The van der Waals surface area contributed by atoms with Crippen molar-refractivity contribution in [2.75, 3.05) is 23.8 Å². The Morgan fingerprint density at radius 2 is 1.90 bits per heavy atom. The molecule has 0 saturated heterocycles. The lowest BCUT2D eigenvalue weighted by atomic mass is 9.74. The number of aliphatic carboxylic acids is 1. The number of carbonyl (C=O) groups excluding carboxylic acids is 1. The summed E-state index contributed by atoms with van der Waals surface area (Å²) in [6.45, 7) is 2.52. The third-order valence-electron chi connectivity index (χ3n) is 6.40. The molecule has 1 atom stereocenters. The first kappa shape index (κ1) is 20.1. The number of amides is 1. The lowest BCUT2D eigenvalue weighted by Crippen LogP contribution is -2.32. The summed E-state index contributed by atoms with van der Waals surface area (Å²) < 4.78 is 5.58. The van der Waals surface area contributed by atoms with Gasteiger partial charge in [-0.25, -0.2) is 9.97 Å². The molecular formula is C22H26N4O4. The van der Waals surface area contributed by atoms with Crippen molar-refractivity contribution in [2.45, 2.75) is 38.5 Å². The molecule has 1 unspecified atom stereocenters. The SMILES string of the molecule is CC(C(=O)O)[C@H]1CC[C@H](c2ccc(N3CCOc4ncnc(N)c4C3=O)cc2)CC1. The molecule has 1 aliphatic carbocycles. The first-order valence-electron chi connectivity index (χ1n) is 10.3. The van der Waals surface area contributed by atoms with Gasteiger partial charge in [-0.1, -0.05) is 19.1 Å².